The molecule has 12 heteroatoms. The Morgan fingerprint density at radius 3 is 2.47 bits per heavy atom. The van der Waals surface area contributed by atoms with E-state index >= 15 is 0 Å². The minimum Gasteiger partial charge on any atom is -0.469 e. The van der Waals surface area contributed by atoms with Crippen LogP contribution in [0.4, 0.5) is 0 Å². The van der Waals surface area contributed by atoms with E-state index in [0.717, 1.165) is 5.56 Å². The van der Waals surface area contributed by atoms with Crippen molar-refractivity contribution in [1.82, 2.24) is 5.32 Å². The molecule has 32 heavy (non-hydrogen) atoms. The molecule has 0 aromatic heterocycles. The van der Waals surface area contributed by atoms with Gasteiger partial charge in [-0.3, -0.25) is 23.4 Å². The molecule has 0 aliphatic carbocycles. The Morgan fingerprint density at radius 2 is 1.88 bits per heavy atom. The minimum atomic E-state index is -4.10. The van der Waals surface area contributed by atoms with E-state index in [2.05, 4.69) is 14.8 Å². The van der Waals surface area contributed by atoms with E-state index in [1.165, 1.54) is 26.4 Å². The Balaban J connectivity index is 2.02. The average Bonchev–Trinajstić information content (AvgIpc) is 2.76. The lowest BCUT2D eigenvalue weighted by Crippen LogP contribution is -2.50. The molecular weight excluding hydrogens is 443 g/mol. The first-order valence-corrected chi connectivity index (χ1v) is 11.3. The molecule has 1 aromatic carbocycles. The number of phosphoric ester groups is 1. The van der Waals surface area contributed by atoms with Crippen LogP contribution in [-0.4, -0.2) is 57.4 Å². The summed E-state index contributed by atoms with van der Waals surface area (Å²) in [4.78, 5) is 35.2. The molecule has 1 fully saturated rings. The quantitative estimate of drug-likeness (QED) is 0.398. The fraction of sp³-hybridized carbons (Fsp3) is 0.550. The smallest absolute Gasteiger partial charge is 0.469 e. The Bertz CT molecular complexity index is 872. The zero-order valence-electron chi connectivity index (χ0n) is 18.5. The summed E-state index contributed by atoms with van der Waals surface area (Å²) in [5.41, 5.74) is 5.69. The van der Waals surface area contributed by atoms with E-state index in [-0.39, 0.29) is 31.7 Å². The minimum absolute atomic E-state index is 0.00790. The van der Waals surface area contributed by atoms with Gasteiger partial charge >= 0.3 is 19.8 Å². The number of carbonyl (C=O) groups excluding carboxylic acids is 3. The van der Waals surface area contributed by atoms with Gasteiger partial charge in [0.25, 0.3) is 5.91 Å². The first-order chi connectivity index (χ1) is 15.0. The summed E-state index contributed by atoms with van der Waals surface area (Å²) < 4.78 is 38.4. The van der Waals surface area contributed by atoms with Gasteiger partial charge in [0.15, 0.2) is 6.10 Å². The average molecular weight is 472 g/mol. The molecule has 3 atom stereocenters. The number of benzene rings is 1. The molecule has 1 amide bonds. The zero-order chi connectivity index (χ0) is 23.9. The summed E-state index contributed by atoms with van der Waals surface area (Å²) in [5, 5.41) is 2.57. The predicted octanol–water partition coefficient (Wildman–Crippen LogP) is 1.34. The molecule has 0 bridgehead atoms. The van der Waals surface area contributed by atoms with Crippen LogP contribution in [0.1, 0.15) is 25.8 Å². The van der Waals surface area contributed by atoms with Gasteiger partial charge in [0.1, 0.15) is 11.8 Å². The van der Waals surface area contributed by atoms with Gasteiger partial charge in [0.05, 0.1) is 27.2 Å². The van der Waals surface area contributed by atoms with Crippen LogP contribution in [0.2, 0.25) is 0 Å². The van der Waals surface area contributed by atoms with Gasteiger partial charge in [-0.2, -0.15) is 0 Å². The van der Waals surface area contributed by atoms with E-state index in [9.17, 15) is 18.9 Å². The van der Waals surface area contributed by atoms with E-state index in [0.29, 0.717) is 0 Å². The molecule has 1 aliphatic heterocycles. The van der Waals surface area contributed by atoms with Crippen molar-refractivity contribution in [3.05, 3.63) is 29.8 Å². The van der Waals surface area contributed by atoms with Crippen molar-refractivity contribution < 1.29 is 42.0 Å². The van der Waals surface area contributed by atoms with E-state index in [1.54, 1.807) is 26.0 Å². The zero-order valence-corrected chi connectivity index (χ0v) is 19.4. The van der Waals surface area contributed by atoms with Crippen molar-refractivity contribution in [1.29, 1.82) is 0 Å². The molecular formula is C20H29N2O9P. The fourth-order valence-electron chi connectivity index (χ4n) is 2.86. The second-order valence-corrected chi connectivity index (χ2v) is 9.43. The molecule has 0 spiro atoms. The van der Waals surface area contributed by atoms with Crippen molar-refractivity contribution in [3.8, 4) is 5.75 Å². The lowest BCUT2D eigenvalue weighted by molar-refractivity contribution is -0.143. The third-order valence-corrected chi connectivity index (χ3v) is 6.08. The summed E-state index contributed by atoms with van der Waals surface area (Å²) in [7, 11) is -1.59. The van der Waals surface area contributed by atoms with Gasteiger partial charge in [0, 0.05) is 12.0 Å². The van der Waals surface area contributed by atoms with Gasteiger partial charge in [-0.05, 0) is 24.1 Å². The topological polar surface area (TPSA) is 152 Å². The van der Waals surface area contributed by atoms with Crippen LogP contribution < -0.4 is 15.6 Å². The number of nitrogens with two attached hydrogens (primary N) is 1. The number of hydrogen-bond acceptors (Lipinski definition) is 10. The van der Waals surface area contributed by atoms with Crippen LogP contribution in [0, 0.1) is 5.41 Å². The number of ether oxygens (including phenoxy) is 2. The summed E-state index contributed by atoms with van der Waals surface area (Å²) in [6.07, 6.45) is -0.886. The van der Waals surface area contributed by atoms with Gasteiger partial charge < -0.3 is 25.0 Å². The van der Waals surface area contributed by atoms with Crippen LogP contribution in [0.5, 0.6) is 5.75 Å². The highest BCUT2D eigenvalue weighted by Crippen LogP contribution is 2.56. The van der Waals surface area contributed by atoms with Crippen molar-refractivity contribution >= 4 is 25.7 Å². The number of rotatable bonds is 9. The molecule has 1 unspecified atom stereocenters. The number of esters is 2. The maximum absolute atomic E-state index is 13.0. The van der Waals surface area contributed by atoms with Crippen molar-refractivity contribution in [2.75, 3.05) is 27.4 Å². The fourth-order valence-corrected chi connectivity index (χ4v) is 4.53. The Hall–Kier alpha value is -2.46. The largest absolute Gasteiger partial charge is 0.530 e. The lowest BCUT2D eigenvalue weighted by atomic mass is 9.87. The highest BCUT2D eigenvalue weighted by atomic mass is 31.2. The molecule has 1 heterocycles. The number of phosphoric acid groups is 1. The second-order valence-electron chi connectivity index (χ2n) is 7.88. The van der Waals surface area contributed by atoms with Gasteiger partial charge in [0.2, 0.25) is 0 Å². The lowest BCUT2D eigenvalue weighted by Gasteiger charge is -2.39. The maximum atomic E-state index is 13.0. The summed E-state index contributed by atoms with van der Waals surface area (Å²) in [6, 6.07) is 5.54. The molecule has 1 saturated heterocycles. The third kappa shape index (κ3) is 7.03. The summed E-state index contributed by atoms with van der Waals surface area (Å²) in [5.74, 6) is -1.36. The molecule has 1 aromatic rings. The normalized spacial score (nSPS) is 23.0. The van der Waals surface area contributed by atoms with Crippen molar-refractivity contribution in [3.63, 3.8) is 0 Å². The van der Waals surface area contributed by atoms with Crippen LogP contribution >= 0.6 is 7.82 Å². The molecule has 178 valence electrons. The van der Waals surface area contributed by atoms with E-state index in [1.807, 2.05) is 0 Å². The van der Waals surface area contributed by atoms with Crippen LogP contribution in [-0.2, 0) is 43.9 Å². The molecule has 0 saturated carbocycles. The van der Waals surface area contributed by atoms with Gasteiger partial charge in [-0.15, -0.1) is 0 Å². The van der Waals surface area contributed by atoms with E-state index < -0.39 is 43.2 Å². The number of amides is 1. The number of nitrogens with one attached hydrogen (secondary N) is 1. The highest BCUT2D eigenvalue weighted by molar-refractivity contribution is 7.49. The maximum Gasteiger partial charge on any atom is 0.530 e. The molecule has 0 radical (unpaired) electrons. The Morgan fingerprint density at radius 1 is 1.22 bits per heavy atom. The Labute approximate surface area is 186 Å². The van der Waals surface area contributed by atoms with Crippen LogP contribution in [0.25, 0.3) is 0 Å². The highest BCUT2D eigenvalue weighted by Gasteiger charge is 2.49. The van der Waals surface area contributed by atoms with Crippen LogP contribution in [0.15, 0.2) is 24.3 Å². The summed E-state index contributed by atoms with van der Waals surface area (Å²) >= 11 is 0. The predicted molar refractivity (Wildman–Crippen MR) is 113 cm³/mol. The number of carbonyl (C=O) groups is 3. The molecule has 2 rings (SSSR count). The number of methoxy groups -OCH3 is 2. The Kier molecular flexibility index (Phi) is 8.80. The first kappa shape index (κ1) is 25.8. The summed E-state index contributed by atoms with van der Waals surface area (Å²) in [6.45, 7) is 3.44. The molecule has 3 N–H and O–H groups in total. The van der Waals surface area contributed by atoms with Crippen LogP contribution in [0.3, 0.4) is 0 Å². The standard InChI is InChI=1S/C20H29N2O9P/c1-20(2)12-29-32(26,31-17(20)18(24)22-10-9-16(23)27-3)30-14-7-5-13(6-8-14)11-15(21)19(25)28-4/h5-8,15,17H,9-12,21H2,1-4H3,(H,22,24)/t15?,17-,32-/m0/s1. The van der Waals surface area contributed by atoms with Crippen molar-refractivity contribution in [2.24, 2.45) is 11.1 Å². The van der Waals surface area contributed by atoms with Crippen molar-refractivity contribution in [2.45, 2.75) is 38.8 Å². The second kappa shape index (κ2) is 10.9. The van der Waals surface area contributed by atoms with Gasteiger partial charge in [-0.25, -0.2) is 4.57 Å². The third-order valence-electron chi connectivity index (χ3n) is 4.73. The van der Waals surface area contributed by atoms with E-state index in [4.69, 9.17) is 19.3 Å². The molecule has 11 nitrogen and oxygen atoms in total. The first-order valence-electron chi connectivity index (χ1n) is 9.89. The monoisotopic (exact) mass is 472 g/mol. The number of hydrogen-bond donors (Lipinski definition) is 2. The van der Waals surface area contributed by atoms with Gasteiger partial charge in [-0.1, -0.05) is 26.0 Å². The molecule has 1 aliphatic rings. The SMILES string of the molecule is COC(=O)CCNC(=O)[C@@H]1O[P@](=O)(Oc2ccc(CC(N)C(=O)OC)cc2)OCC1(C)C.